The van der Waals surface area contributed by atoms with Gasteiger partial charge in [0.05, 0.1) is 12.2 Å². The number of para-hydroxylation sites is 1. The molecule has 0 bridgehead atoms. The molecule has 1 unspecified atom stereocenters. The van der Waals surface area contributed by atoms with E-state index in [-0.39, 0.29) is 5.91 Å². The van der Waals surface area contributed by atoms with Crippen molar-refractivity contribution in [2.75, 3.05) is 23.0 Å². The third-order valence-electron chi connectivity index (χ3n) is 6.07. The van der Waals surface area contributed by atoms with E-state index in [2.05, 4.69) is 31.4 Å². The van der Waals surface area contributed by atoms with Crippen LogP contribution in [-0.2, 0) is 4.79 Å². The molecule has 0 fully saturated rings. The van der Waals surface area contributed by atoms with Crippen molar-refractivity contribution >= 4 is 29.3 Å². The van der Waals surface area contributed by atoms with Gasteiger partial charge in [-0.15, -0.1) is 5.10 Å². The number of nitrogens with zero attached hydrogens (tertiary/aromatic N) is 3. The normalized spacial score (nSPS) is 15.0. The van der Waals surface area contributed by atoms with Gasteiger partial charge in [-0.3, -0.25) is 4.79 Å². The summed E-state index contributed by atoms with van der Waals surface area (Å²) in [5.41, 5.74) is 4.11. The summed E-state index contributed by atoms with van der Waals surface area (Å²) in [5, 5.41) is 11.9. The first kappa shape index (κ1) is 25.8. The number of anilines is 2. The van der Waals surface area contributed by atoms with Gasteiger partial charge in [-0.25, -0.2) is 4.68 Å². The van der Waals surface area contributed by atoms with Crippen LogP contribution in [0.5, 0.6) is 5.75 Å². The van der Waals surface area contributed by atoms with Gasteiger partial charge in [0, 0.05) is 17.1 Å². The second-order valence-corrected chi connectivity index (χ2v) is 10.5. The van der Waals surface area contributed by atoms with Crippen LogP contribution < -0.4 is 15.4 Å². The number of carbonyl (C=O) groups is 1. The number of allylic oxidation sites excluding steroid dienone is 1. The molecule has 0 saturated heterocycles. The van der Waals surface area contributed by atoms with E-state index in [1.807, 2.05) is 67.1 Å². The molecule has 2 heterocycles. The minimum Gasteiger partial charge on any atom is -0.494 e. The number of benzene rings is 2. The Morgan fingerprint density at radius 1 is 1.17 bits per heavy atom. The second-order valence-electron chi connectivity index (χ2n) is 9.45. The van der Waals surface area contributed by atoms with Crippen molar-refractivity contribution in [2.45, 2.75) is 58.7 Å². The molecule has 7 nitrogen and oxygen atoms in total. The van der Waals surface area contributed by atoms with Crippen LogP contribution in [0.4, 0.5) is 11.6 Å². The Morgan fingerprint density at radius 3 is 2.61 bits per heavy atom. The maximum Gasteiger partial charge on any atom is 0.255 e. The molecule has 8 heteroatoms. The highest BCUT2D eigenvalue weighted by Gasteiger charge is 2.34. The molecule has 4 rings (SSSR count). The van der Waals surface area contributed by atoms with Gasteiger partial charge in [-0.2, -0.15) is 4.98 Å². The van der Waals surface area contributed by atoms with Crippen LogP contribution >= 0.6 is 11.8 Å². The van der Waals surface area contributed by atoms with Crippen LogP contribution in [0, 0.1) is 12.8 Å². The van der Waals surface area contributed by atoms with Gasteiger partial charge in [0.25, 0.3) is 5.91 Å². The monoisotopic (exact) mass is 505 g/mol. The summed E-state index contributed by atoms with van der Waals surface area (Å²) in [7, 11) is 0. The summed E-state index contributed by atoms with van der Waals surface area (Å²) < 4.78 is 7.75. The molecule has 1 atom stereocenters. The molecule has 2 N–H and O–H groups in total. The van der Waals surface area contributed by atoms with Crippen molar-refractivity contribution < 1.29 is 9.53 Å². The molecule has 1 aliphatic heterocycles. The standard InChI is InChI=1S/C28H35N5O2S/c1-6-17-36-28-31-27-29-20(5)24(26(34)30-23-10-8-7-9-19(23)4)25(33(27)32-28)21-11-13-22(14-12-21)35-16-15-18(2)3/h7-14,18,25H,6,15-17H2,1-5H3,(H,30,34)(H,29,31,32). The molecule has 1 amide bonds. The van der Waals surface area contributed by atoms with Crippen molar-refractivity contribution in [3.63, 3.8) is 0 Å². The number of fused-ring (bicyclic) bond motifs is 1. The maximum absolute atomic E-state index is 13.7. The van der Waals surface area contributed by atoms with Crippen molar-refractivity contribution in [1.82, 2.24) is 14.8 Å². The molecule has 0 spiro atoms. The summed E-state index contributed by atoms with van der Waals surface area (Å²) in [6.07, 6.45) is 2.03. The molecular formula is C28H35N5O2S. The number of aryl methyl sites for hydroxylation is 1. The lowest BCUT2D eigenvalue weighted by Crippen LogP contribution is -2.31. The minimum absolute atomic E-state index is 0.166. The van der Waals surface area contributed by atoms with Gasteiger partial charge in [-0.05, 0) is 61.9 Å². The molecular weight excluding hydrogens is 470 g/mol. The van der Waals surface area contributed by atoms with E-state index < -0.39 is 6.04 Å². The molecule has 0 aliphatic carbocycles. The zero-order valence-electron chi connectivity index (χ0n) is 21.7. The van der Waals surface area contributed by atoms with Crippen LogP contribution in [0.15, 0.2) is 65.0 Å². The average Bonchev–Trinajstić information content (AvgIpc) is 3.25. The van der Waals surface area contributed by atoms with Gasteiger partial charge in [0.15, 0.2) is 0 Å². The average molecular weight is 506 g/mol. The summed E-state index contributed by atoms with van der Waals surface area (Å²) in [6, 6.07) is 15.3. The number of ether oxygens (including phenoxy) is 1. The van der Waals surface area contributed by atoms with E-state index in [9.17, 15) is 4.79 Å². The van der Waals surface area contributed by atoms with E-state index >= 15 is 0 Å². The molecule has 1 aliphatic rings. The number of amides is 1. The number of carbonyl (C=O) groups excluding carboxylic acids is 1. The largest absolute Gasteiger partial charge is 0.494 e. The first-order valence-corrected chi connectivity index (χ1v) is 13.5. The van der Waals surface area contributed by atoms with E-state index in [0.717, 1.165) is 46.9 Å². The number of hydrogen-bond donors (Lipinski definition) is 2. The highest BCUT2D eigenvalue weighted by Crippen LogP contribution is 2.37. The zero-order chi connectivity index (χ0) is 25.7. The predicted octanol–water partition coefficient (Wildman–Crippen LogP) is 6.44. The number of thioether (sulfide) groups is 1. The summed E-state index contributed by atoms with van der Waals surface area (Å²) >= 11 is 1.62. The highest BCUT2D eigenvalue weighted by atomic mass is 32.2. The van der Waals surface area contributed by atoms with E-state index in [4.69, 9.17) is 14.8 Å². The fourth-order valence-electron chi connectivity index (χ4n) is 4.05. The summed E-state index contributed by atoms with van der Waals surface area (Å²) in [4.78, 5) is 18.4. The van der Waals surface area contributed by atoms with Crippen LogP contribution in [0.25, 0.3) is 0 Å². The fourth-order valence-corrected chi connectivity index (χ4v) is 4.73. The minimum atomic E-state index is -0.418. The quantitative estimate of drug-likeness (QED) is 0.309. The topological polar surface area (TPSA) is 81.1 Å². The Hall–Kier alpha value is -3.26. The van der Waals surface area contributed by atoms with Crippen LogP contribution in [0.3, 0.4) is 0 Å². The number of rotatable bonds is 10. The summed E-state index contributed by atoms with van der Waals surface area (Å²) in [6.45, 7) is 11.1. The Bertz CT molecular complexity index is 1230. The third kappa shape index (κ3) is 5.93. The van der Waals surface area contributed by atoms with Gasteiger partial charge < -0.3 is 15.4 Å². The van der Waals surface area contributed by atoms with Crippen molar-refractivity contribution in [2.24, 2.45) is 5.92 Å². The third-order valence-corrected chi connectivity index (χ3v) is 7.11. The first-order valence-electron chi connectivity index (χ1n) is 12.5. The molecule has 190 valence electrons. The smallest absolute Gasteiger partial charge is 0.255 e. The Morgan fingerprint density at radius 2 is 1.92 bits per heavy atom. The van der Waals surface area contributed by atoms with Gasteiger partial charge >= 0.3 is 0 Å². The van der Waals surface area contributed by atoms with Gasteiger partial charge in [0.2, 0.25) is 11.1 Å². The van der Waals surface area contributed by atoms with Crippen LogP contribution in [0.2, 0.25) is 0 Å². The number of aromatic nitrogens is 3. The lowest BCUT2D eigenvalue weighted by molar-refractivity contribution is -0.113. The van der Waals surface area contributed by atoms with E-state index in [1.165, 1.54) is 0 Å². The zero-order valence-corrected chi connectivity index (χ0v) is 22.5. The number of nitrogens with one attached hydrogen (secondary N) is 2. The molecule has 2 aromatic carbocycles. The molecule has 0 saturated carbocycles. The molecule has 3 aromatic rings. The van der Waals surface area contributed by atoms with Gasteiger partial charge in [0.1, 0.15) is 11.8 Å². The Balaban J connectivity index is 1.68. The maximum atomic E-state index is 13.7. The fraction of sp³-hybridized carbons (Fsp3) is 0.393. The second kappa shape index (κ2) is 11.6. The summed E-state index contributed by atoms with van der Waals surface area (Å²) in [5.74, 6) is 2.81. The van der Waals surface area contributed by atoms with Crippen molar-refractivity contribution in [3.05, 3.63) is 70.9 Å². The van der Waals surface area contributed by atoms with Crippen LogP contribution in [-0.4, -0.2) is 33.0 Å². The SMILES string of the molecule is CCCSc1nc2n(n1)C(c1ccc(OCCC(C)C)cc1)C(C(=O)Nc1ccccc1C)=C(C)N2. The van der Waals surface area contributed by atoms with Crippen LogP contribution in [0.1, 0.15) is 57.7 Å². The number of hydrogen-bond acceptors (Lipinski definition) is 6. The highest BCUT2D eigenvalue weighted by molar-refractivity contribution is 7.99. The predicted molar refractivity (Wildman–Crippen MR) is 147 cm³/mol. The Labute approximate surface area is 217 Å². The Kier molecular flexibility index (Phi) is 8.36. The lowest BCUT2D eigenvalue weighted by Gasteiger charge is -2.29. The van der Waals surface area contributed by atoms with Crippen molar-refractivity contribution in [3.8, 4) is 5.75 Å². The van der Waals surface area contributed by atoms with E-state index in [0.29, 0.717) is 29.2 Å². The molecule has 1 aromatic heterocycles. The molecule has 36 heavy (non-hydrogen) atoms. The first-order chi connectivity index (χ1) is 17.4. The van der Waals surface area contributed by atoms with Gasteiger partial charge in [-0.1, -0.05) is 62.9 Å². The lowest BCUT2D eigenvalue weighted by atomic mass is 9.95. The van der Waals surface area contributed by atoms with E-state index in [1.54, 1.807) is 11.8 Å². The van der Waals surface area contributed by atoms with Crippen molar-refractivity contribution in [1.29, 1.82) is 0 Å². The molecule has 0 radical (unpaired) electrons.